The molecule has 2 atom stereocenters. The normalized spacial score (nSPS) is 29.9. The fourth-order valence-electron chi connectivity index (χ4n) is 3.79. The third-order valence-corrected chi connectivity index (χ3v) is 4.82. The van der Waals surface area contributed by atoms with Gasteiger partial charge in [0, 0.05) is 5.54 Å². The molecule has 2 fully saturated rings. The van der Waals surface area contributed by atoms with Gasteiger partial charge < -0.3 is 10.2 Å². The Bertz CT molecular complexity index is 386. The largest absolute Gasteiger partial charge is 0.342 e. The van der Waals surface area contributed by atoms with Crippen molar-refractivity contribution in [3.8, 4) is 0 Å². The van der Waals surface area contributed by atoms with Crippen LogP contribution in [-0.4, -0.2) is 34.3 Å². The molecule has 1 saturated heterocycles. The molecule has 1 heterocycles. The number of nitrogens with zero attached hydrogens (tertiary/aromatic N) is 1. The van der Waals surface area contributed by atoms with E-state index in [2.05, 4.69) is 26.1 Å². The molecule has 1 N–H and O–H groups in total. The molecule has 0 bridgehead atoms. The molecule has 1 saturated carbocycles. The number of rotatable bonds is 4. The average Bonchev–Trinajstić information content (AvgIpc) is 2.80. The number of nitrogens with one attached hydrogen (secondary N) is 1. The van der Waals surface area contributed by atoms with Crippen molar-refractivity contribution in [2.24, 2.45) is 5.92 Å². The predicted molar refractivity (Wildman–Crippen MR) is 79.2 cm³/mol. The maximum atomic E-state index is 12.9. The Morgan fingerprint density at radius 1 is 1.30 bits per heavy atom. The number of piperazine rings is 1. The number of hydrogen-bond donors (Lipinski definition) is 1. The Kier molecular flexibility index (Phi) is 4.40. The SMILES string of the molecule is CCC1C(=O)NC(CC(C)C)C(=O)N1C1(C)CCCC1. The van der Waals surface area contributed by atoms with Gasteiger partial charge in [-0.25, -0.2) is 0 Å². The van der Waals surface area contributed by atoms with Crippen LogP contribution in [-0.2, 0) is 9.59 Å². The van der Waals surface area contributed by atoms with Crippen LogP contribution >= 0.6 is 0 Å². The lowest BCUT2D eigenvalue weighted by Crippen LogP contribution is -2.68. The van der Waals surface area contributed by atoms with Gasteiger partial charge in [0.25, 0.3) is 0 Å². The first kappa shape index (κ1) is 15.3. The molecule has 0 aromatic heterocycles. The van der Waals surface area contributed by atoms with Gasteiger partial charge in [0.2, 0.25) is 11.8 Å². The lowest BCUT2D eigenvalue weighted by molar-refractivity contribution is -0.157. The molecule has 114 valence electrons. The van der Waals surface area contributed by atoms with E-state index >= 15 is 0 Å². The molecule has 1 aliphatic carbocycles. The van der Waals surface area contributed by atoms with E-state index in [-0.39, 0.29) is 29.4 Å². The van der Waals surface area contributed by atoms with E-state index in [1.54, 1.807) is 0 Å². The molecule has 4 nitrogen and oxygen atoms in total. The maximum absolute atomic E-state index is 12.9. The van der Waals surface area contributed by atoms with Crippen molar-refractivity contribution in [1.29, 1.82) is 0 Å². The maximum Gasteiger partial charge on any atom is 0.246 e. The first-order chi connectivity index (χ1) is 9.39. The Hall–Kier alpha value is -1.06. The van der Waals surface area contributed by atoms with Crippen LogP contribution in [0.2, 0.25) is 0 Å². The summed E-state index contributed by atoms with van der Waals surface area (Å²) < 4.78 is 0. The third-order valence-electron chi connectivity index (χ3n) is 4.82. The van der Waals surface area contributed by atoms with Crippen LogP contribution < -0.4 is 5.32 Å². The summed E-state index contributed by atoms with van der Waals surface area (Å²) in [6, 6.07) is -0.614. The average molecular weight is 280 g/mol. The van der Waals surface area contributed by atoms with Crippen molar-refractivity contribution in [2.45, 2.75) is 83.8 Å². The van der Waals surface area contributed by atoms with E-state index in [4.69, 9.17) is 0 Å². The van der Waals surface area contributed by atoms with E-state index in [1.807, 2.05) is 11.8 Å². The van der Waals surface area contributed by atoms with Crippen LogP contribution in [0.4, 0.5) is 0 Å². The van der Waals surface area contributed by atoms with Gasteiger partial charge in [-0.2, -0.15) is 0 Å². The summed E-state index contributed by atoms with van der Waals surface area (Å²) in [7, 11) is 0. The number of carbonyl (C=O) groups is 2. The molecule has 2 unspecified atom stereocenters. The molecule has 0 radical (unpaired) electrons. The zero-order valence-electron chi connectivity index (χ0n) is 13.2. The van der Waals surface area contributed by atoms with E-state index < -0.39 is 0 Å². The van der Waals surface area contributed by atoms with Crippen LogP contribution in [0.3, 0.4) is 0 Å². The van der Waals surface area contributed by atoms with E-state index in [1.165, 1.54) is 0 Å². The zero-order valence-corrected chi connectivity index (χ0v) is 13.2. The summed E-state index contributed by atoms with van der Waals surface area (Å²) in [6.45, 7) is 8.33. The van der Waals surface area contributed by atoms with E-state index in [0.29, 0.717) is 12.3 Å². The van der Waals surface area contributed by atoms with Gasteiger partial charge >= 0.3 is 0 Å². The molecule has 0 aromatic rings. The van der Waals surface area contributed by atoms with E-state index in [0.717, 1.165) is 32.1 Å². The highest BCUT2D eigenvalue weighted by molar-refractivity contribution is 5.97. The second-order valence-electron chi connectivity index (χ2n) is 7.03. The lowest BCUT2D eigenvalue weighted by Gasteiger charge is -2.48. The van der Waals surface area contributed by atoms with Crippen LogP contribution in [0.5, 0.6) is 0 Å². The Morgan fingerprint density at radius 2 is 1.90 bits per heavy atom. The van der Waals surface area contributed by atoms with Crippen molar-refractivity contribution in [3.63, 3.8) is 0 Å². The first-order valence-electron chi connectivity index (χ1n) is 8.02. The van der Waals surface area contributed by atoms with Gasteiger partial charge in [0.15, 0.2) is 0 Å². The third kappa shape index (κ3) is 2.70. The lowest BCUT2D eigenvalue weighted by atomic mass is 9.89. The monoisotopic (exact) mass is 280 g/mol. The Balaban J connectivity index is 2.27. The summed E-state index contributed by atoms with van der Waals surface area (Å²) in [5.41, 5.74) is -0.120. The Labute approximate surface area is 122 Å². The fraction of sp³-hybridized carbons (Fsp3) is 0.875. The smallest absolute Gasteiger partial charge is 0.246 e. The molecule has 1 aliphatic heterocycles. The van der Waals surface area contributed by atoms with Gasteiger partial charge in [-0.15, -0.1) is 0 Å². The highest BCUT2D eigenvalue weighted by Gasteiger charge is 2.48. The minimum absolute atomic E-state index is 0.0332. The Morgan fingerprint density at radius 3 is 2.40 bits per heavy atom. The molecule has 4 heteroatoms. The number of carbonyl (C=O) groups excluding carboxylic acids is 2. The second kappa shape index (κ2) is 5.74. The second-order valence-corrected chi connectivity index (χ2v) is 7.03. The molecule has 2 rings (SSSR count). The number of hydrogen-bond acceptors (Lipinski definition) is 2. The molecule has 2 aliphatic rings. The molecular formula is C16H28N2O2. The van der Waals surface area contributed by atoms with Crippen LogP contribution in [0.1, 0.15) is 66.2 Å². The van der Waals surface area contributed by atoms with Gasteiger partial charge in [-0.3, -0.25) is 9.59 Å². The van der Waals surface area contributed by atoms with Crippen molar-refractivity contribution < 1.29 is 9.59 Å². The summed E-state index contributed by atoms with van der Waals surface area (Å²) in [6.07, 6.45) is 5.79. The van der Waals surface area contributed by atoms with Crippen molar-refractivity contribution in [2.75, 3.05) is 0 Å². The highest BCUT2D eigenvalue weighted by atomic mass is 16.2. The zero-order chi connectivity index (χ0) is 14.9. The highest BCUT2D eigenvalue weighted by Crippen LogP contribution is 2.38. The van der Waals surface area contributed by atoms with Crippen molar-refractivity contribution in [1.82, 2.24) is 10.2 Å². The van der Waals surface area contributed by atoms with E-state index in [9.17, 15) is 9.59 Å². The molecule has 0 spiro atoms. The summed E-state index contributed by atoms with van der Waals surface area (Å²) in [5.74, 6) is 0.570. The topological polar surface area (TPSA) is 49.4 Å². The standard InChI is InChI=1S/C16H28N2O2/c1-5-13-14(19)17-12(10-11(2)3)15(20)18(13)16(4)8-6-7-9-16/h11-13H,5-10H2,1-4H3,(H,17,19). The van der Waals surface area contributed by atoms with Crippen molar-refractivity contribution in [3.05, 3.63) is 0 Å². The molecular weight excluding hydrogens is 252 g/mol. The predicted octanol–water partition coefficient (Wildman–Crippen LogP) is 2.47. The molecule has 2 amide bonds. The summed E-state index contributed by atoms with van der Waals surface area (Å²) >= 11 is 0. The molecule has 0 aromatic carbocycles. The van der Waals surface area contributed by atoms with Crippen LogP contribution in [0.15, 0.2) is 0 Å². The van der Waals surface area contributed by atoms with Gasteiger partial charge in [0.05, 0.1) is 0 Å². The van der Waals surface area contributed by atoms with Crippen molar-refractivity contribution >= 4 is 11.8 Å². The summed E-state index contributed by atoms with van der Waals surface area (Å²) in [5, 5.41) is 2.94. The fourth-order valence-corrected chi connectivity index (χ4v) is 3.79. The summed E-state index contributed by atoms with van der Waals surface area (Å²) in [4.78, 5) is 27.2. The quantitative estimate of drug-likeness (QED) is 0.860. The van der Waals surface area contributed by atoms with Crippen LogP contribution in [0, 0.1) is 5.92 Å². The van der Waals surface area contributed by atoms with Gasteiger partial charge in [-0.1, -0.05) is 33.6 Å². The minimum atomic E-state index is -0.331. The van der Waals surface area contributed by atoms with Gasteiger partial charge in [0.1, 0.15) is 12.1 Å². The van der Waals surface area contributed by atoms with Gasteiger partial charge in [-0.05, 0) is 38.5 Å². The minimum Gasteiger partial charge on any atom is -0.342 e. The first-order valence-corrected chi connectivity index (χ1v) is 8.02. The number of amides is 2. The molecule has 20 heavy (non-hydrogen) atoms. The van der Waals surface area contributed by atoms with Crippen LogP contribution in [0.25, 0.3) is 0 Å².